The molecule has 1 aromatic rings. The molecular formula is C11H14N2S. The number of hydrazone groups is 1. The molecule has 0 fully saturated rings. The van der Waals surface area contributed by atoms with Crippen molar-refractivity contribution >= 4 is 17.3 Å². The summed E-state index contributed by atoms with van der Waals surface area (Å²) in [6.07, 6.45) is 0. The Kier molecular flexibility index (Phi) is 2.77. The molecule has 0 aromatic heterocycles. The second kappa shape index (κ2) is 4.05. The third-order valence-electron chi connectivity index (χ3n) is 2.22. The fraction of sp³-hybridized carbons (Fsp3) is 0.364. The summed E-state index contributed by atoms with van der Waals surface area (Å²) < 4.78 is 0. The van der Waals surface area contributed by atoms with Crippen molar-refractivity contribution in [1.82, 2.24) is 5.01 Å². The molecular weight excluding hydrogens is 192 g/mol. The molecule has 2 nitrogen and oxygen atoms in total. The Labute approximate surface area is 89.0 Å². The van der Waals surface area contributed by atoms with E-state index in [1.165, 1.54) is 5.56 Å². The van der Waals surface area contributed by atoms with Crippen LogP contribution in [0, 0.1) is 0 Å². The van der Waals surface area contributed by atoms with E-state index in [0.717, 1.165) is 0 Å². The lowest BCUT2D eigenvalue weighted by Gasteiger charge is -2.26. The Hall–Kier alpha value is -0.960. The van der Waals surface area contributed by atoms with Gasteiger partial charge in [-0.2, -0.15) is 5.10 Å². The molecule has 2 rings (SSSR count). The van der Waals surface area contributed by atoms with Gasteiger partial charge in [-0.15, -0.1) is 0 Å². The molecule has 0 saturated heterocycles. The smallest absolute Gasteiger partial charge is 0.123 e. The molecule has 1 aromatic carbocycles. The van der Waals surface area contributed by atoms with Crippen LogP contribution in [0.1, 0.15) is 24.8 Å². The Bertz CT molecular complexity index is 321. The lowest BCUT2D eigenvalue weighted by Crippen LogP contribution is -2.25. The summed E-state index contributed by atoms with van der Waals surface area (Å²) in [6, 6.07) is 11.0. The van der Waals surface area contributed by atoms with Gasteiger partial charge in [0.05, 0.1) is 5.55 Å². The van der Waals surface area contributed by atoms with Crippen molar-refractivity contribution in [2.24, 2.45) is 5.10 Å². The van der Waals surface area contributed by atoms with E-state index in [2.05, 4.69) is 48.2 Å². The van der Waals surface area contributed by atoms with Crippen LogP contribution < -0.4 is 0 Å². The van der Waals surface area contributed by atoms with Crippen molar-refractivity contribution in [1.29, 1.82) is 0 Å². The zero-order valence-electron chi connectivity index (χ0n) is 8.42. The highest BCUT2D eigenvalue weighted by molar-refractivity contribution is 8.12. The van der Waals surface area contributed by atoms with E-state index in [4.69, 9.17) is 0 Å². The third kappa shape index (κ3) is 1.77. The highest BCUT2D eigenvalue weighted by Gasteiger charge is 2.24. The Morgan fingerprint density at radius 2 is 2.00 bits per heavy atom. The number of hydrogen-bond acceptors (Lipinski definition) is 3. The van der Waals surface area contributed by atoms with Crippen LogP contribution in [0.3, 0.4) is 0 Å². The SMILES string of the molecule is CC(C)N1N=CSC1c1ccccc1. The zero-order chi connectivity index (χ0) is 9.97. The number of nitrogens with zero attached hydrogens (tertiary/aromatic N) is 2. The Balaban J connectivity index is 2.20. The fourth-order valence-corrected chi connectivity index (χ4v) is 2.53. The first-order valence-electron chi connectivity index (χ1n) is 4.80. The van der Waals surface area contributed by atoms with Crippen molar-refractivity contribution < 1.29 is 0 Å². The number of thioether (sulfide) groups is 1. The molecule has 3 heteroatoms. The van der Waals surface area contributed by atoms with Gasteiger partial charge in [0.1, 0.15) is 5.37 Å². The normalized spacial score (nSPS) is 20.8. The first-order valence-corrected chi connectivity index (χ1v) is 5.74. The second-order valence-electron chi connectivity index (χ2n) is 3.59. The van der Waals surface area contributed by atoms with Gasteiger partial charge in [-0.1, -0.05) is 42.1 Å². The summed E-state index contributed by atoms with van der Waals surface area (Å²) in [4.78, 5) is 0. The lowest BCUT2D eigenvalue weighted by molar-refractivity contribution is 0.224. The fourth-order valence-electron chi connectivity index (χ4n) is 1.52. The maximum absolute atomic E-state index is 4.36. The average Bonchev–Trinajstić information content (AvgIpc) is 2.67. The quantitative estimate of drug-likeness (QED) is 0.739. The summed E-state index contributed by atoms with van der Waals surface area (Å²) in [5.41, 5.74) is 3.25. The number of hydrogen-bond donors (Lipinski definition) is 0. The molecule has 74 valence electrons. The van der Waals surface area contributed by atoms with Crippen molar-refractivity contribution in [3.8, 4) is 0 Å². The van der Waals surface area contributed by atoms with Gasteiger partial charge in [0.2, 0.25) is 0 Å². The van der Waals surface area contributed by atoms with Crippen LogP contribution in [0.2, 0.25) is 0 Å². The molecule has 1 aliphatic rings. The number of benzene rings is 1. The van der Waals surface area contributed by atoms with Gasteiger partial charge in [-0.25, -0.2) is 0 Å². The highest BCUT2D eigenvalue weighted by atomic mass is 32.2. The Morgan fingerprint density at radius 1 is 1.29 bits per heavy atom. The summed E-state index contributed by atoms with van der Waals surface area (Å²) in [6.45, 7) is 4.33. The molecule has 0 radical (unpaired) electrons. The molecule has 0 bridgehead atoms. The first kappa shape index (κ1) is 9.59. The topological polar surface area (TPSA) is 15.6 Å². The van der Waals surface area contributed by atoms with Gasteiger partial charge in [-0.3, -0.25) is 5.01 Å². The summed E-state index contributed by atoms with van der Waals surface area (Å²) in [5, 5.41) is 6.86. The van der Waals surface area contributed by atoms with E-state index in [1.807, 2.05) is 11.6 Å². The molecule has 0 N–H and O–H groups in total. The second-order valence-corrected chi connectivity index (χ2v) is 4.52. The van der Waals surface area contributed by atoms with Gasteiger partial charge in [-0.05, 0) is 19.4 Å². The predicted molar refractivity (Wildman–Crippen MR) is 62.2 cm³/mol. The minimum atomic E-state index is 0.358. The van der Waals surface area contributed by atoms with Gasteiger partial charge >= 0.3 is 0 Å². The van der Waals surface area contributed by atoms with Crippen LogP contribution in [-0.2, 0) is 0 Å². The molecule has 1 aliphatic heterocycles. The summed E-state index contributed by atoms with van der Waals surface area (Å²) in [5.74, 6) is 0. The lowest BCUT2D eigenvalue weighted by atomic mass is 10.2. The maximum Gasteiger partial charge on any atom is 0.123 e. The molecule has 1 atom stereocenters. The van der Waals surface area contributed by atoms with Crippen LogP contribution in [0.25, 0.3) is 0 Å². The van der Waals surface area contributed by atoms with E-state index in [0.29, 0.717) is 11.4 Å². The van der Waals surface area contributed by atoms with E-state index < -0.39 is 0 Å². The predicted octanol–water partition coefficient (Wildman–Crippen LogP) is 3.09. The molecule has 14 heavy (non-hydrogen) atoms. The maximum atomic E-state index is 4.36. The van der Waals surface area contributed by atoms with Gasteiger partial charge in [0, 0.05) is 6.04 Å². The largest absolute Gasteiger partial charge is 0.276 e. The van der Waals surface area contributed by atoms with Crippen molar-refractivity contribution in [2.45, 2.75) is 25.3 Å². The summed E-state index contributed by atoms with van der Waals surface area (Å²) >= 11 is 1.77. The van der Waals surface area contributed by atoms with Crippen LogP contribution in [0.5, 0.6) is 0 Å². The van der Waals surface area contributed by atoms with E-state index >= 15 is 0 Å². The number of rotatable bonds is 2. The first-order chi connectivity index (χ1) is 6.79. The van der Waals surface area contributed by atoms with E-state index in [-0.39, 0.29) is 0 Å². The molecule has 0 aliphatic carbocycles. The minimum absolute atomic E-state index is 0.358. The van der Waals surface area contributed by atoms with Crippen LogP contribution in [0.4, 0.5) is 0 Å². The molecule has 1 heterocycles. The van der Waals surface area contributed by atoms with Crippen molar-refractivity contribution in [3.05, 3.63) is 35.9 Å². The molecule has 1 unspecified atom stereocenters. The summed E-state index contributed by atoms with van der Waals surface area (Å²) in [7, 11) is 0. The van der Waals surface area contributed by atoms with Crippen LogP contribution in [-0.4, -0.2) is 16.6 Å². The molecule has 0 spiro atoms. The standard InChI is InChI=1S/C11H14N2S/c1-9(2)13-11(14-8-12-13)10-6-4-3-5-7-10/h3-9,11H,1-2H3. The minimum Gasteiger partial charge on any atom is -0.276 e. The van der Waals surface area contributed by atoms with Crippen molar-refractivity contribution in [3.63, 3.8) is 0 Å². The van der Waals surface area contributed by atoms with Crippen LogP contribution in [0.15, 0.2) is 35.4 Å². The van der Waals surface area contributed by atoms with E-state index in [1.54, 1.807) is 11.8 Å². The average molecular weight is 206 g/mol. The third-order valence-corrected chi connectivity index (χ3v) is 3.19. The highest BCUT2D eigenvalue weighted by Crippen LogP contribution is 2.36. The Morgan fingerprint density at radius 3 is 2.64 bits per heavy atom. The van der Waals surface area contributed by atoms with Crippen molar-refractivity contribution in [2.75, 3.05) is 0 Å². The van der Waals surface area contributed by atoms with Gasteiger partial charge < -0.3 is 0 Å². The zero-order valence-corrected chi connectivity index (χ0v) is 9.24. The van der Waals surface area contributed by atoms with Gasteiger partial charge in [0.25, 0.3) is 0 Å². The molecule has 0 saturated carbocycles. The van der Waals surface area contributed by atoms with Gasteiger partial charge in [0.15, 0.2) is 0 Å². The van der Waals surface area contributed by atoms with E-state index in [9.17, 15) is 0 Å². The monoisotopic (exact) mass is 206 g/mol. The molecule has 0 amide bonds. The van der Waals surface area contributed by atoms with Crippen LogP contribution >= 0.6 is 11.8 Å².